The van der Waals surface area contributed by atoms with Crippen molar-refractivity contribution in [1.29, 1.82) is 0 Å². The number of hydrogen-bond donors (Lipinski definition) is 1. The first-order valence-electron chi connectivity index (χ1n) is 10.1. The normalized spacial score (nSPS) is 17.5. The molecule has 158 valence electrons. The molecule has 2 heterocycles. The van der Waals surface area contributed by atoms with Crippen molar-refractivity contribution in [3.8, 4) is 11.5 Å². The van der Waals surface area contributed by atoms with Crippen molar-refractivity contribution < 1.29 is 14.3 Å². The molecule has 1 aliphatic rings. The lowest BCUT2D eigenvalue weighted by Gasteiger charge is -2.41. The van der Waals surface area contributed by atoms with Crippen molar-refractivity contribution in [2.24, 2.45) is 0 Å². The molecule has 1 amide bonds. The van der Waals surface area contributed by atoms with Gasteiger partial charge in [-0.25, -0.2) is 0 Å². The van der Waals surface area contributed by atoms with E-state index in [0.717, 1.165) is 32.7 Å². The van der Waals surface area contributed by atoms with Gasteiger partial charge in [-0.3, -0.25) is 9.69 Å². The van der Waals surface area contributed by atoms with Gasteiger partial charge in [0, 0.05) is 42.7 Å². The summed E-state index contributed by atoms with van der Waals surface area (Å²) in [5.74, 6) is 1.06. The number of piperazine rings is 1. The fraction of sp³-hybridized carbons (Fsp3) is 0.500. The number of nitrogens with one attached hydrogen (secondary N) is 1. The molecule has 1 aliphatic heterocycles. The van der Waals surface area contributed by atoms with Crippen molar-refractivity contribution in [2.45, 2.75) is 25.9 Å². The minimum Gasteiger partial charge on any atom is -0.493 e. The van der Waals surface area contributed by atoms with Crippen molar-refractivity contribution >= 4 is 17.2 Å². The summed E-state index contributed by atoms with van der Waals surface area (Å²) < 4.78 is 10.6. The smallest absolute Gasteiger partial charge is 0.251 e. The predicted molar refractivity (Wildman–Crippen MR) is 117 cm³/mol. The Kier molecular flexibility index (Phi) is 7.52. The maximum Gasteiger partial charge on any atom is 0.251 e. The number of nitrogens with zero attached hydrogens (tertiary/aromatic N) is 2. The third kappa shape index (κ3) is 5.10. The van der Waals surface area contributed by atoms with Crippen LogP contribution in [-0.2, 0) is 0 Å². The van der Waals surface area contributed by atoms with Crippen molar-refractivity contribution in [3.05, 3.63) is 46.2 Å². The van der Waals surface area contributed by atoms with Crippen LogP contribution in [0.25, 0.3) is 0 Å². The maximum atomic E-state index is 12.9. The number of hydrogen-bond acceptors (Lipinski definition) is 6. The number of thiophene rings is 1. The molecule has 1 aromatic carbocycles. The van der Waals surface area contributed by atoms with E-state index >= 15 is 0 Å². The quantitative estimate of drug-likeness (QED) is 0.715. The van der Waals surface area contributed by atoms with Crippen molar-refractivity contribution in [3.63, 3.8) is 0 Å². The minimum absolute atomic E-state index is 0.0255. The summed E-state index contributed by atoms with van der Waals surface area (Å²) >= 11 is 1.75. The first-order chi connectivity index (χ1) is 14.1. The highest BCUT2D eigenvalue weighted by molar-refractivity contribution is 7.10. The molecule has 0 spiro atoms. The van der Waals surface area contributed by atoms with Gasteiger partial charge in [0.05, 0.1) is 20.3 Å². The second-order valence-electron chi connectivity index (χ2n) is 7.26. The Balaban J connectivity index is 1.75. The van der Waals surface area contributed by atoms with E-state index in [1.54, 1.807) is 43.8 Å². The molecule has 6 nitrogen and oxygen atoms in total. The zero-order valence-electron chi connectivity index (χ0n) is 17.7. The second kappa shape index (κ2) is 10.1. The largest absolute Gasteiger partial charge is 0.493 e. The van der Waals surface area contributed by atoms with Crippen LogP contribution < -0.4 is 14.8 Å². The lowest BCUT2D eigenvalue weighted by atomic mass is 10.0. The van der Waals surface area contributed by atoms with E-state index in [0.29, 0.717) is 17.1 Å². The summed E-state index contributed by atoms with van der Waals surface area (Å²) in [6.45, 7) is 9.53. The molecule has 1 aromatic heterocycles. The number of likely N-dealkylation sites (N-methyl/N-ethyl adjacent to an activating group) is 1. The van der Waals surface area contributed by atoms with Gasteiger partial charge in [0.1, 0.15) is 0 Å². The van der Waals surface area contributed by atoms with Gasteiger partial charge in [-0.15, -0.1) is 11.3 Å². The zero-order chi connectivity index (χ0) is 20.8. The fourth-order valence-electron chi connectivity index (χ4n) is 3.91. The van der Waals surface area contributed by atoms with E-state index in [1.807, 2.05) is 0 Å². The van der Waals surface area contributed by atoms with E-state index in [4.69, 9.17) is 9.47 Å². The molecular weight excluding hydrogens is 386 g/mol. The monoisotopic (exact) mass is 417 g/mol. The highest BCUT2D eigenvalue weighted by atomic mass is 32.1. The molecule has 2 atom stereocenters. The van der Waals surface area contributed by atoms with Gasteiger partial charge in [-0.1, -0.05) is 13.0 Å². The highest BCUT2D eigenvalue weighted by Gasteiger charge is 2.30. The van der Waals surface area contributed by atoms with E-state index in [-0.39, 0.29) is 18.0 Å². The summed E-state index contributed by atoms with van der Waals surface area (Å²) in [7, 11) is 3.16. The molecular formula is C22H31N3O3S. The van der Waals surface area contributed by atoms with Gasteiger partial charge in [0.15, 0.2) is 11.5 Å². The molecule has 1 saturated heterocycles. The standard InChI is InChI=1S/C22H31N3O3S/c1-5-24-10-12-25(13-11-24)21(20-7-6-14-29-20)16(2)23-22(26)17-8-9-18(27-3)19(15-17)28-4/h6-9,14-16,21H,5,10-13H2,1-4H3,(H,23,26)/t16-,21-/m1/s1. The zero-order valence-corrected chi connectivity index (χ0v) is 18.5. The maximum absolute atomic E-state index is 12.9. The van der Waals surface area contributed by atoms with Gasteiger partial charge in [0.25, 0.3) is 5.91 Å². The Hall–Kier alpha value is -2.09. The Labute approximate surface area is 177 Å². The first-order valence-corrected chi connectivity index (χ1v) is 11.0. The lowest BCUT2D eigenvalue weighted by molar-refractivity contribution is 0.0753. The fourth-order valence-corrected chi connectivity index (χ4v) is 4.87. The Bertz CT molecular complexity index is 789. The third-order valence-electron chi connectivity index (χ3n) is 5.56. The van der Waals surface area contributed by atoms with Crippen LogP contribution in [-0.4, -0.2) is 68.7 Å². The predicted octanol–water partition coefficient (Wildman–Crippen LogP) is 3.26. The van der Waals surface area contributed by atoms with Gasteiger partial charge in [-0.2, -0.15) is 0 Å². The molecule has 0 bridgehead atoms. The highest BCUT2D eigenvalue weighted by Crippen LogP contribution is 2.30. The molecule has 0 aliphatic carbocycles. The van der Waals surface area contributed by atoms with Crippen LogP contribution in [0.15, 0.2) is 35.7 Å². The van der Waals surface area contributed by atoms with E-state index in [2.05, 4.69) is 46.5 Å². The molecule has 1 fully saturated rings. The van der Waals surface area contributed by atoms with Crippen LogP contribution in [0.4, 0.5) is 0 Å². The van der Waals surface area contributed by atoms with Crippen LogP contribution in [0.1, 0.15) is 35.1 Å². The van der Waals surface area contributed by atoms with E-state index < -0.39 is 0 Å². The molecule has 0 saturated carbocycles. The molecule has 1 N–H and O–H groups in total. The summed E-state index contributed by atoms with van der Waals surface area (Å²) in [5, 5.41) is 5.32. The number of carbonyl (C=O) groups is 1. The summed E-state index contributed by atoms with van der Waals surface area (Å²) in [5.41, 5.74) is 0.565. The SMILES string of the molecule is CCN1CCN([C@@H](c2cccs2)[C@@H](C)NC(=O)c2ccc(OC)c(OC)c2)CC1. The second-order valence-corrected chi connectivity index (χ2v) is 8.24. The Morgan fingerprint density at radius 1 is 1.14 bits per heavy atom. The molecule has 7 heteroatoms. The van der Waals surface area contributed by atoms with E-state index in [9.17, 15) is 4.79 Å². The average molecular weight is 418 g/mol. The van der Waals surface area contributed by atoms with Crippen LogP contribution in [0.2, 0.25) is 0 Å². The van der Waals surface area contributed by atoms with Crippen molar-refractivity contribution in [2.75, 3.05) is 46.9 Å². The molecule has 3 rings (SSSR count). The average Bonchev–Trinajstić information content (AvgIpc) is 3.28. The van der Waals surface area contributed by atoms with Gasteiger partial charge >= 0.3 is 0 Å². The number of carbonyl (C=O) groups excluding carboxylic acids is 1. The molecule has 0 radical (unpaired) electrons. The topological polar surface area (TPSA) is 54.0 Å². The van der Waals surface area contributed by atoms with Crippen LogP contribution in [0.3, 0.4) is 0 Å². The van der Waals surface area contributed by atoms with Crippen molar-refractivity contribution in [1.82, 2.24) is 15.1 Å². The van der Waals surface area contributed by atoms with Crippen LogP contribution in [0.5, 0.6) is 11.5 Å². The number of methoxy groups -OCH3 is 2. The minimum atomic E-state index is -0.104. The molecule has 29 heavy (non-hydrogen) atoms. The summed E-state index contributed by atoms with van der Waals surface area (Å²) in [6.07, 6.45) is 0. The Morgan fingerprint density at radius 3 is 2.45 bits per heavy atom. The summed E-state index contributed by atoms with van der Waals surface area (Å²) in [6, 6.07) is 9.64. The number of benzene rings is 1. The van der Waals surface area contributed by atoms with Gasteiger partial charge < -0.3 is 19.7 Å². The van der Waals surface area contributed by atoms with Gasteiger partial charge in [0.2, 0.25) is 0 Å². The summed E-state index contributed by atoms with van der Waals surface area (Å²) in [4.78, 5) is 19.2. The van der Waals surface area contributed by atoms with E-state index in [1.165, 1.54) is 4.88 Å². The van der Waals surface area contributed by atoms with Crippen LogP contribution in [0, 0.1) is 0 Å². The lowest BCUT2D eigenvalue weighted by Crippen LogP contribution is -2.52. The van der Waals surface area contributed by atoms with Crippen LogP contribution >= 0.6 is 11.3 Å². The third-order valence-corrected chi connectivity index (χ3v) is 6.50. The number of ether oxygens (including phenoxy) is 2. The first kappa shape index (κ1) is 21.6. The number of amides is 1. The number of rotatable bonds is 8. The van der Waals surface area contributed by atoms with Gasteiger partial charge in [-0.05, 0) is 43.1 Å². The molecule has 2 aromatic rings. The Morgan fingerprint density at radius 2 is 1.86 bits per heavy atom. The molecule has 0 unspecified atom stereocenters.